The molecule has 0 fully saturated rings. The van der Waals surface area contributed by atoms with Gasteiger partial charge >= 0.3 is 6.18 Å². The molecule has 0 bridgehead atoms. The highest BCUT2D eigenvalue weighted by Gasteiger charge is 2.37. The molecule has 1 unspecified atom stereocenters. The van der Waals surface area contributed by atoms with Crippen LogP contribution in [-0.2, 0) is 23.9 Å². The lowest BCUT2D eigenvalue weighted by Crippen LogP contribution is -2.45. The van der Waals surface area contributed by atoms with Gasteiger partial charge in [-0.3, -0.25) is 9.59 Å². The molecule has 0 saturated heterocycles. The molecule has 1 aromatic heterocycles. The number of ether oxygens (including phenoxy) is 2. The third-order valence-electron chi connectivity index (χ3n) is 9.47. The van der Waals surface area contributed by atoms with Crippen LogP contribution >= 0.6 is 0 Å². The molecule has 0 saturated carbocycles. The number of H-pyrrole nitrogens is 1. The summed E-state index contributed by atoms with van der Waals surface area (Å²) in [6.45, 7) is 2.29. The Morgan fingerprint density at radius 1 is 0.965 bits per heavy atom. The number of amides is 2. The number of aliphatic hydroxyl groups is 1. The summed E-state index contributed by atoms with van der Waals surface area (Å²) in [6.07, 6.45) is -2.45. The first kappa shape index (κ1) is 40.2. The van der Waals surface area contributed by atoms with E-state index in [-0.39, 0.29) is 29.7 Å². The number of carbonyl (C=O) groups excluding carboxylic acids is 2. The molecule has 294 valence electrons. The molecule has 5 N–H and O–H groups in total. The number of unbranched alkanes of at least 4 members (excludes halogenated alkanes) is 2. The van der Waals surface area contributed by atoms with Crippen molar-refractivity contribution in [3.63, 3.8) is 0 Å². The lowest BCUT2D eigenvalue weighted by Gasteiger charge is -2.23. The molecule has 0 radical (unpaired) electrons. The largest absolute Gasteiger partial charge is 0.492 e. The van der Waals surface area contributed by atoms with Gasteiger partial charge in [0.1, 0.15) is 35.6 Å². The van der Waals surface area contributed by atoms with Gasteiger partial charge in [0.2, 0.25) is 0 Å². The fraction of sp³-hybridized carbons (Fsp3) is 0.286. The number of halogens is 4. The highest BCUT2D eigenvalue weighted by molar-refractivity contribution is 6.10. The summed E-state index contributed by atoms with van der Waals surface area (Å²) in [7, 11) is 0. The van der Waals surface area contributed by atoms with Crippen LogP contribution in [0.4, 0.5) is 23.2 Å². The van der Waals surface area contributed by atoms with Gasteiger partial charge in [0, 0.05) is 41.4 Å². The van der Waals surface area contributed by atoms with E-state index in [2.05, 4.69) is 20.9 Å². The quantitative estimate of drug-likeness (QED) is 0.0552. The van der Waals surface area contributed by atoms with Crippen molar-refractivity contribution >= 4 is 28.4 Å². The van der Waals surface area contributed by atoms with E-state index in [4.69, 9.17) is 14.7 Å². The minimum atomic E-state index is -4.94. The number of carbonyl (C=O) groups is 2. The Morgan fingerprint density at radius 3 is 2.42 bits per heavy atom. The zero-order chi connectivity index (χ0) is 40.7. The summed E-state index contributed by atoms with van der Waals surface area (Å²) in [5.41, 5.74) is 0.506. The van der Waals surface area contributed by atoms with Crippen LogP contribution in [0.1, 0.15) is 64.4 Å². The molecule has 0 spiro atoms. The maximum atomic E-state index is 14.3. The number of nitrogens with one attached hydrogen (secondary N) is 4. The molecule has 1 aliphatic heterocycles. The van der Waals surface area contributed by atoms with Gasteiger partial charge in [-0.15, -0.1) is 0 Å². The van der Waals surface area contributed by atoms with Crippen molar-refractivity contribution in [3.05, 3.63) is 112 Å². The van der Waals surface area contributed by atoms with Crippen molar-refractivity contribution in [1.29, 1.82) is 10.5 Å². The monoisotopic (exact) mass is 782 g/mol. The maximum absolute atomic E-state index is 14.3. The molecule has 2 amide bonds. The first-order valence-corrected chi connectivity index (χ1v) is 18.1. The predicted octanol–water partition coefficient (Wildman–Crippen LogP) is 7.13. The van der Waals surface area contributed by atoms with Gasteiger partial charge in [0.05, 0.1) is 29.4 Å². The van der Waals surface area contributed by atoms with Crippen LogP contribution in [-0.4, -0.2) is 53.8 Å². The van der Waals surface area contributed by atoms with Crippen molar-refractivity contribution in [2.75, 3.05) is 31.6 Å². The van der Waals surface area contributed by atoms with Gasteiger partial charge in [-0.25, -0.2) is 4.39 Å². The molecule has 5 aromatic rings. The number of aromatic nitrogens is 1. The van der Waals surface area contributed by atoms with Gasteiger partial charge < -0.3 is 35.5 Å². The number of hydrogen-bond donors (Lipinski definition) is 5. The lowest BCUT2D eigenvalue weighted by atomic mass is 9.99. The van der Waals surface area contributed by atoms with E-state index in [1.54, 1.807) is 6.07 Å². The maximum Gasteiger partial charge on any atom is 0.417 e. The standard InChI is InChI=1S/C42H38F4N6O5/c1-41(55,24-57-30-11-7-25(21-47)8-12-30)40(54)51-29-19-34(42(44,45)46)33(22-48)36(20-29)56-16-4-2-3-14-49-23-26-5-9-27(10-6-26)38-31-13-15-50-39(53)32-17-28(43)18-35(52-38)37(31)32/h5-12,17-20,49,52,55H,2-4,13-16,23-24H2,1H3,(H,50,53)(H,51,54). The molecular formula is C42H38F4N6O5. The van der Waals surface area contributed by atoms with E-state index in [0.717, 1.165) is 47.2 Å². The SMILES string of the molecule is CC(O)(COc1ccc(C#N)cc1)C(=O)Nc1cc(OCCCCCNCc2ccc(-c3[nH]c4cc(F)cc5c4c3CCNC5=O)cc2)c(C#N)c(C(F)(F)F)c1. The van der Waals surface area contributed by atoms with Crippen molar-refractivity contribution in [1.82, 2.24) is 15.6 Å². The average Bonchev–Trinajstić information content (AvgIpc) is 3.46. The summed E-state index contributed by atoms with van der Waals surface area (Å²) in [5.74, 6) is -1.93. The lowest BCUT2D eigenvalue weighted by molar-refractivity contribution is -0.138. The molecule has 4 aromatic carbocycles. The van der Waals surface area contributed by atoms with E-state index in [0.29, 0.717) is 61.6 Å². The number of alkyl halides is 3. The molecule has 6 rings (SSSR count). The van der Waals surface area contributed by atoms with Crippen LogP contribution in [0.25, 0.3) is 22.2 Å². The van der Waals surface area contributed by atoms with Crippen molar-refractivity contribution in [2.24, 2.45) is 0 Å². The van der Waals surface area contributed by atoms with Crippen LogP contribution in [0.2, 0.25) is 0 Å². The van der Waals surface area contributed by atoms with Gasteiger partial charge in [-0.1, -0.05) is 24.3 Å². The summed E-state index contributed by atoms with van der Waals surface area (Å²) < 4.78 is 67.3. The second kappa shape index (κ2) is 17.2. The number of rotatable bonds is 15. The Morgan fingerprint density at radius 2 is 1.72 bits per heavy atom. The third-order valence-corrected chi connectivity index (χ3v) is 9.47. The number of nitriles is 2. The van der Waals surface area contributed by atoms with Gasteiger partial charge in [0.25, 0.3) is 11.8 Å². The smallest absolute Gasteiger partial charge is 0.417 e. The highest BCUT2D eigenvalue weighted by atomic mass is 19.4. The Bertz CT molecular complexity index is 2360. The van der Waals surface area contributed by atoms with Crippen LogP contribution in [0.15, 0.2) is 72.8 Å². The molecule has 15 heteroatoms. The van der Waals surface area contributed by atoms with E-state index in [9.17, 15) is 37.5 Å². The van der Waals surface area contributed by atoms with E-state index in [1.165, 1.54) is 36.4 Å². The van der Waals surface area contributed by atoms with Crippen molar-refractivity contribution < 1.29 is 41.7 Å². The Kier molecular flexibility index (Phi) is 12.1. The number of anilines is 1. The van der Waals surface area contributed by atoms with Crippen LogP contribution in [0, 0.1) is 28.5 Å². The molecule has 11 nitrogen and oxygen atoms in total. The molecule has 1 aliphatic rings. The number of nitrogens with zero attached hydrogens (tertiary/aromatic N) is 2. The molecule has 0 aliphatic carbocycles. The first-order chi connectivity index (χ1) is 27.3. The van der Waals surface area contributed by atoms with E-state index >= 15 is 0 Å². The molecule has 2 heterocycles. The topological polar surface area (TPSA) is 172 Å². The van der Waals surface area contributed by atoms with E-state index in [1.807, 2.05) is 30.3 Å². The summed E-state index contributed by atoms with van der Waals surface area (Å²) in [4.78, 5) is 28.7. The average molecular weight is 783 g/mol. The summed E-state index contributed by atoms with van der Waals surface area (Å²) in [5, 5.41) is 38.5. The zero-order valence-electron chi connectivity index (χ0n) is 30.8. The van der Waals surface area contributed by atoms with Crippen LogP contribution in [0.3, 0.4) is 0 Å². The number of benzene rings is 4. The Hall–Kier alpha value is -6.42. The first-order valence-electron chi connectivity index (χ1n) is 18.1. The zero-order valence-corrected chi connectivity index (χ0v) is 30.8. The van der Waals surface area contributed by atoms with Gasteiger partial charge in [0.15, 0.2) is 5.60 Å². The second-order valence-electron chi connectivity index (χ2n) is 13.8. The minimum absolute atomic E-state index is 0.00901. The fourth-order valence-corrected chi connectivity index (χ4v) is 6.49. The van der Waals surface area contributed by atoms with Crippen LogP contribution < -0.4 is 25.4 Å². The third kappa shape index (κ3) is 9.52. The summed E-state index contributed by atoms with van der Waals surface area (Å²) >= 11 is 0. The molecule has 1 atom stereocenters. The second-order valence-corrected chi connectivity index (χ2v) is 13.8. The predicted molar refractivity (Wildman–Crippen MR) is 203 cm³/mol. The normalized spacial score (nSPS) is 13.5. The van der Waals surface area contributed by atoms with Crippen molar-refractivity contribution in [3.8, 4) is 34.9 Å². The number of aromatic amines is 1. The molecular weight excluding hydrogens is 744 g/mol. The highest BCUT2D eigenvalue weighted by Crippen LogP contribution is 2.39. The molecule has 57 heavy (non-hydrogen) atoms. The fourth-order valence-electron chi connectivity index (χ4n) is 6.49. The Labute approximate surface area is 325 Å². The van der Waals surface area contributed by atoms with Gasteiger partial charge in [-0.05, 0) is 98.3 Å². The Balaban J connectivity index is 0.988. The van der Waals surface area contributed by atoms with Gasteiger partial charge in [-0.2, -0.15) is 23.7 Å². The summed E-state index contributed by atoms with van der Waals surface area (Å²) in [6, 6.07) is 21.7. The van der Waals surface area contributed by atoms with E-state index < -0.39 is 41.2 Å². The van der Waals surface area contributed by atoms with Crippen LogP contribution in [0.5, 0.6) is 11.5 Å². The minimum Gasteiger partial charge on any atom is -0.492 e. The van der Waals surface area contributed by atoms with Crippen molar-refractivity contribution in [2.45, 2.75) is 50.9 Å². The number of hydrogen-bond acceptors (Lipinski definition) is 8.